The molecule has 254 valence electrons. The van der Waals surface area contributed by atoms with Gasteiger partial charge in [0.05, 0.1) is 0 Å². The van der Waals surface area contributed by atoms with Crippen molar-refractivity contribution in [2.75, 3.05) is 0 Å². The van der Waals surface area contributed by atoms with Crippen molar-refractivity contribution in [2.24, 2.45) is 0 Å². The molecule has 7 aromatic carbocycles. The van der Waals surface area contributed by atoms with Crippen LogP contribution in [0.1, 0.15) is 23.7 Å². The second kappa shape index (κ2) is 12.2. The van der Waals surface area contributed by atoms with E-state index in [2.05, 4.69) is 127 Å². The predicted molar refractivity (Wildman–Crippen MR) is 219 cm³/mol. The average molecular weight is 694 g/mol. The van der Waals surface area contributed by atoms with Gasteiger partial charge in [0.2, 0.25) is 0 Å². The van der Waals surface area contributed by atoms with E-state index in [1.807, 2.05) is 42.5 Å². The number of allylic oxidation sites excluding steroid dienone is 4. The molecule has 1 aliphatic rings. The minimum Gasteiger partial charge on any atom is -0.456 e. The molecule has 10 aromatic rings. The summed E-state index contributed by atoms with van der Waals surface area (Å²) in [4.78, 5) is 15.6. The normalized spacial score (nSPS) is 14.4. The highest BCUT2D eigenvalue weighted by Crippen LogP contribution is 2.45. The number of hydrogen-bond donors (Lipinski definition) is 0. The Morgan fingerprint density at radius 1 is 0.481 bits per heavy atom. The van der Waals surface area contributed by atoms with Crippen molar-refractivity contribution in [3.05, 3.63) is 181 Å². The summed E-state index contributed by atoms with van der Waals surface area (Å²) >= 11 is 0. The van der Waals surface area contributed by atoms with Gasteiger partial charge >= 0.3 is 0 Å². The lowest BCUT2D eigenvalue weighted by atomic mass is 9.90. The Bertz CT molecular complexity index is 3140. The van der Waals surface area contributed by atoms with E-state index in [1.165, 1.54) is 5.56 Å². The van der Waals surface area contributed by atoms with Crippen LogP contribution in [0, 0.1) is 0 Å². The van der Waals surface area contributed by atoms with Crippen molar-refractivity contribution in [3.63, 3.8) is 0 Å². The maximum absolute atomic E-state index is 6.64. The lowest BCUT2D eigenvalue weighted by molar-refractivity contribution is 0.669. The first-order valence-corrected chi connectivity index (χ1v) is 18.3. The third-order valence-electron chi connectivity index (χ3n) is 10.7. The van der Waals surface area contributed by atoms with Crippen molar-refractivity contribution < 1.29 is 8.83 Å². The highest BCUT2D eigenvalue weighted by atomic mass is 16.3. The van der Waals surface area contributed by atoms with Gasteiger partial charge in [-0.3, -0.25) is 0 Å². The summed E-state index contributed by atoms with van der Waals surface area (Å²) in [5, 5.41) is 6.30. The quantitative estimate of drug-likeness (QED) is 0.179. The number of furan rings is 2. The number of benzene rings is 7. The monoisotopic (exact) mass is 693 g/mol. The standard InChI is InChI=1S/C49H31N3O2/c1-3-13-30(14-4-1)31-23-25-33(26-24-31)48-50-47(32-15-5-2-6-16-32)51-49(52-48)40-28-35(29-43-44(40)37-19-9-11-21-41(37)53-43)39-27-34-17-7-8-18-36(34)46-45(39)38-20-10-12-22-42(38)54-46/h1-23,25-29,31H,24H2. The van der Waals surface area contributed by atoms with Crippen LogP contribution in [-0.2, 0) is 0 Å². The molecule has 0 saturated carbocycles. The minimum atomic E-state index is 0.302. The van der Waals surface area contributed by atoms with Crippen molar-refractivity contribution in [2.45, 2.75) is 12.3 Å². The Kier molecular flexibility index (Phi) is 6.92. The average Bonchev–Trinajstić information content (AvgIpc) is 3.83. The number of para-hydroxylation sites is 2. The van der Waals surface area contributed by atoms with Crippen molar-refractivity contribution >= 4 is 60.2 Å². The third-order valence-corrected chi connectivity index (χ3v) is 10.7. The van der Waals surface area contributed by atoms with Crippen LogP contribution in [0.15, 0.2) is 179 Å². The Morgan fingerprint density at radius 2 is 1.13 bits per heavy atom. The molecule has 1 aliphatic carbocycles. The summed E-state index contributed by atoms with van der Waals surface area (Å²) in [6, 6.07) is 52.3. The second-order valence-electron chi connectivity index (χ2n) is 13.9. The zero-order valence-electron chi connectivity index (χ0n) is 29.1. The Hall–Kier alpha value is -7.11. The molecule has 5 nitrogen and oxygen atoms in total. The molecule has 0 amide bonds. The molecule has 54 heavy (non-hydrogen) atoms. The molecule has 0 bridgehead atoms. The summed E-state index contributed by atoms with van der Waals surface area (Å²) in [5.74, 6) is 2.15. The molecule has 11 rings (SSSR count). The topological polar surface area (TPSA) is 65.0 Å². The van der Waals surface area contributed by atoms with E-state index in [1.54, 1.807) is 0 Å². The Labute approximate surface area is 310 Å². The fraction of sp³-hybridized carbons (Fsp3) is 0.0408. The highest BCUT2D eigenvalue weighted by Gasteiger charge is 2.23. The maximum Gasteiger partial charge on any atom is 0.164 e. The summed E-state index contributed by atoms with van der Waals surface area (Å²) in [6.07, 6.45) is 7.53. The van der Waals surface area contributed by atoms with Crippen LogP contribution in [0.4, 0.5) is 0 Å². The lowest BCUT2D eigenvalue weighted by Crippen LogP contribution is -2.05. The summed E-state index contributed by atoms with van der Waals surface area (Å²) < 4.78 is 13.2. The van der Waals surface area contributed by atoms with Crippen molar-refractivity contribution in [1.82, 2.24) is 15.0 Å². The molecule has 0 radical (unpaired) electrons. The number of aromatic nitrogens is 3. The first-order valence-electron chi connectivity index (χ1n) is 18.3. The molecule has 0 N–H and O–H groups in total. The van der Waals surface area contributed by atoms with Gasteiger partial charge in [-0.1, -0.05) is 140 Å². The zero-order chi connectivity index (χ0) is 35.6. The molecule has 0 spiro atoms. The molecule has 3 heterocycles. The van der Waals surface area contributed by atoms with E-state index in [9.17, 15) is 0 Å². The van der Waals surface area contributed by atoms with Gasteiger partial charge in [0.15, 0.2) is 17.5 Å². The van der Waals surface area contributed by atoms with E-state index < -0.39 is 0 Å². The van der Waals surface area contributed by atoms with E-state index in [-0.39, 0.29) is 0 Å². The second-order valence-corrected chi connectivity index (χ2v) is 13.9. The van der Waals surface area contributed by atoms with Crippen molar-refractivity contribution in [1.29, 1.82) is 0 Å². The van der Waals surface area contributed by atoms with Crippen LogP contribution < -0.4 is 0 Å². The zero-order valence-corrected chi connectivity index (χ0v) is 29.1. The largest absolute Gasteiger partial charge is 0.456 e. The first kappa shape index (κ1) is 30.5. The van der Waals surface area contributed by atoms with Gasteiger partial charge in [-0.2, -0.15) is 0 Å². The van der Waals surface area contributed by atoms with Crippen LogP contribution in [0.5, 0.6) is 0 Å². The first-order chi connectivity index (χ1) is 26.7. The molecule has 1 unspecified atom stereocenters. The molecule has 5 heteroatoms. The minimum absolute atomic E-state index is 0.302. The lowest BCUT2D eigenvalue weighted by Gasteiger charge is -2.17. The molecule has 0 fully saturated rings. The van der Waals surface area contributed by atoms with E-state index in [0.717, 1.165) is 88.9 Å². The summed E-state index contributed by atoms with van der Waals surface area (Å²) in [5.41, 5.74) is 9.43. The third kappa shape index (κ3) is 4.97. The Morgan fingerprint density at radius 3 is 1.91 bits per heavy atom. The van der Waals surface area contributed by atoms with Gasteiger partial charge in [0, 0.05) is 49.5 Å². The molecule has 3 aromatic heterocycles. The fourth-order valence-corrected chi connectivity index (χ4v) is 8.05. The van der Waals surface area contributed by atoms with Gasteiger partial charge in [-0.25, -0.2) is 15.0 Å². The van der Waals surface area contributed by atoms with E-state index >= 15 is 0 Å². The van der Waals surface area contributed by atoms with Gasteiger partial charge in [0.1, 0.15) is 22.3 Å². The van der Waals surface area contributed by atoms with E-state index in [4.69, 9.17) is 23.8 Å². The molecule has 0 saturated heterocycles. The maximum atomic E-state index is 6.64. The summed E-state index contributed by atoms with van der Waals surface area (Å²) in [6.45, 7) is 0. The number of fused-ring (bicyclic) bond motifs is 8. The van der Waals surface area contributed by atoms with Crippen LogP contribution in [0.3, 0.4) is 0 Å². The summed E-state index contributed by atoms with van der Waals surface area (Å²) in [7, 11) is 0. The van der Waals surface area contributed by atoms with Crippen molar-refractivity contribution in [3.8, 4) is 33.9 Å². The van der Waals surface area contributed by atoms with Crippen LogP contribution in [0.2, 0.25) is 0 Å². The number of rotatable bonds is 5. The predicted octanol–water partition coefficient (Wildman–Crippen LogP) is 13.0. The van der Waals surface area contributed by atoms with Gasteiger partial charge in [0.25, 0.3) is 0 Å². The number of nitrogens with zero attached hydrogens (tertiary/aromatic N) is 3. The molecule has 1 atom stereocenters. The van der Waals surface area contributed by atoms with Crippen LogP contribution in [-0.4, -0.2) is 15.0 Å². The SMILES string of the molecule is C1=CC(c2ccccc2)CC=C1c1nc(-c2ccccc2)nc(-c2cc(-c3cc4ccccc4c4oc5ccccc5c34)cc3oc4ccccc4c23)n1. The molecular weight excluding hydrogens is 663 g/mol. The Balaban J connectivity index is 1.17. The smallest absolute Gasteiger partial charge is 0.164 e. The van der Waals surface area contributed by atoms with Gasteiger partial charge in [-0.05, 0) is 58.8 Å². The fourth-order valence-electron chi connectivity index (χ4n) is 8.05. The van der Waals surface area contributed by atoms with Crippen LogP contribution in [0.25, 0.3) is 94.1 Å². The highest BCUT2D eigenvalue weighted by molar-refractivity contribution is 6.22. The number of hydrogen-bond acceptors (Lipinski definition) is 5. The van der Waals surface area contributed by atoms with Gasteiger partial charge in [-0.15, -0.1) is 0 Å². The van der Waals surface area contributed by atoms with Crippen LogP contribution >= 0.6 is 0 Å². The molecule has 0 aliphatic heterocycles. The van der Waals surface area contributed by atoms with Gasteiger partial charge < -0.3 is 8.83 Å². The van der Waals surface area contributed by atoms with E-state index in [0.29, 0.717) is 23.4 Å². The molecular formula is C49H31N3O2.